The molecule has 0 radical (unpaired) electrons. The van der Waals surface area contributed by atoms with E-state index in [9.17, 15) is 4.39 Å². The summed E-state index contributed by atoms with van der Waals surface area (Å²) in [6.07, 6.45) is 0. The summed E-state index contributed by atoms with van der Waals surface area (Å²) in [5.74, 6) is 0.321. The minimum absolute atomic E-state index is 0.138. The zero-order chi connectivity index (χ0) is 14.7. The smallest absolute Gasteiger partial charge is 0.131 e. The van der Waals surface area contributed by atoms with E-state index in [-0.39, 0.29) is 18.5 Å². The summed E-state index contributed by atoms with van der Waals surface area (Å²) in [7, 11) is 0. The molecule has 0 aromatic heterocycles. The number of rotatable bonds is 4. The number of aryl methyl sites for hydroxylation is 1. The van der Waals surface area contributed by atoms with E-state index in [0.29, 0.717) is 16.3 Å². The van der Waals surface area contributed by atoms with Crippen LogP contribution in [0.1, 0.15) is 29.7 Å². The Morgan fingerprint density at radius 1 is 1.25 bits per heavy atom. The fraction of sp³-hybridized carbons (Fsp3) is 0.250. The molecule has 0 amide bonds. The minimum Gasteiger partial charge on any atom is -0.488 e. The lowest BCUT2D eigenvalue weighted by atomic mass is 10.1. The van der Waals surface area contributed by atoms with E-state index in [0.717, 1.165) is 11.1 Å². The van der Waals surface area contributed by atoms with Crippen LogP contribution in [0.15, 0.2) is 36.4 Å². The molecule has 0 aliphatic carbocycles. The minimum atomic E-state index is -0.368. The van der Waals surface area contributed by atoms with E-state index in [1.54, 1.807) is 12.1 Å². The van der Waals surface area contributed by atoms with E-state index in [4.69, 9.17) is 22.1 Å². The summed E-state index contributed by atoms with van der Waals surface area (Å²) in [5, 5.41) is 0.373. The van der Waals surface area contributed by atoms with Crippen molar-refractivity contribution in [3.05, 3.63) is 63.9 Å². The molecule has 0 saturated carbocycles. The quantitative estimate of drug-likeness (QED) is 0.907. The van der Waals surface area contributed by atoms with Gasteiger partial charge in [-0.3, -0.25) is 0 Å². The maximum Gasteiger partial charge on any atom is 0.131 e. The van der Waals surface area contributed by atoms with Crippen LogP contribution in [-0.4, -0.2) is 0 Å². The van der Waals surface area contributed by atoms with Crippen molar-refractivity contribution >= 4 is 11.6 Å². The van der Waals surface area contributed by atoms with Crippen LogP contribution in [0.2, 0.25) is 5.02 Å². The van der Waals surface area contributed by atoms with E-state index >= 15 is 0 Å². The molecule has 1 atom stereocenters. The Hall–Kier alpha value is -1.58. The van der Waals surface area contributed by atoms with E-state index in [1.165, 1.54) is 6.07 Å². The molecule has 20 heavy (non-hydrogen) atoms. The molecule has 0 aliphatic heterocycles. The molecule has 0 aliphatic rings. The summed E-state index contributed by atoms with van der Waals surface area (Å²) in [6, 6.07) is 10.2. The molecule has 2 aromatic rings. The molecule has 4 heteroatoms. The number of benzene rings is 2. The van der Waals surface area contributed by atoms with Gasteiger partial charge >= 0.3 is 0 Å². The monoisotopic (exact) mass is 293 g/mol. The summed E-state index contributed by atoms with van der Waals surface area (Å²) in [6.45, 7) is 4.01. The standard InChI is InChI=1S/C16H17ClFNO/c1-10-3-6-14(11(2)19)16(7-10)20-9-12-4-5-13(17)8-15(12)18/h3-8,11H,9,19H2,1-2H3/t11-/m1/s1. The van der Waals surface area contributed by atoms with Gasteiger partial charge in [0.1, 0.15) is 18.2 Å². The molecule has 0 spiro atoms. The second-order valence-corrected chi connectivity index (χ2v) is 5.29. The van der Waals surface area contributed by atoms with E-state index < -0.39 is 0 Å². The van der Waals surface area contributed by atoms with Gasteiger partial charge in [-0.1, -0.05) is 29.8 Å². The normalized spacial score (nSPS) is 12.2. The van der Waals surface area contributed by atoms with Crippen molar-refractivity contribution in [1.29, 1.82) is 0 Å². The summed E-state index contributed by atoms with van der Waals surface area (Å²) < 4.78 is 19.4. The second-order valence-electron chi connectivity index (χ2n) is 4.85. The van der Waals surface area contributed by atoms with Crippen LogP contribution in [-0.2, 0) is 6.61 Å². The van der Waals surface area contributed by atoms with Gasteiger partial charge < -0.3 is 10.5 Å². The molecular weight excluding hydrogens is 277 g/mol. The van der Waals surface area contributed by atoms with Crippen LogP contribution in [0.25, 0.3) is 0 Å². The SMILES string of the molecule is Cc1ccc([C@@H](C)N)c(OCc2ccc(Cl)cc2F)c1. The van der Waals surface area contributed by atoms with Gasteiger partial charge in [0.05, 0.1) is 0 Å². The highest BCUT2D eigenvalue weighted by molar-refractivity contribution is 6.30. The molecule has 0 bridgehead atoms. The average Bonchev–Trinajstić information content (AvgIpc) is 2.37. The molecule has 106 valence electrons. The predicted molar refractivity (Wildman–Crippen MR) is 79.5 cm³/mol. The zero-order valence-electron chi connectivity index (χ0n) is 11.5. The summed E-state index contributed by atoms with van der Waals surface area (Å²) in [5.41, 5.74) is 8.35. The van der Waals surface area contributed by atoms with Crippen molar-refractivity contribution < 1.29 is 9.13 Å². The van der Waals surface area contributed by atoms with Gasteiger partial charge in [-0.25, -0.2) is 4.39 Å². The summed E-state index contributed by atoms with van der Waals surface area (Å²) >= 11 is 5.72. The average molecular weight is 294 g/mol. The molecule has 0 fully saturated rings. The Balaban J connectivity index is 2.20. The van der Waals surface area contributed by atoms with Crippen LogP contribution in [0, 0.1) is 12.7 Å². The molecule has 0 unspecified atom stereocenters. The number of hydrogen-bond acceptors (Lipinski definition) is 2. The van der Waals surface area contributed by atoms with Gasteiger partial charge in [0.2, 0.25) is 0 Å². The van der Waals surface area contributed by atoms with Crippen molar-refractivity contribution in [2.24, 2.45) is 5.73 Å². The second kappa shape index (κ2) is 6.25. The highest BCUT2D eigenvalue weighted by Crippen LogP contribution is 2.26. The number of ether oxygens (including phenoxy) is 1. The highest BCUT2D eigenvalue weighted by Gasteiger charge is 2.10. The van der Waals surface area contributed by atoms with Gasteiger partial charge in [-0.15, -0.1) is 0 Å². The fourth-order valence-electron chi connectivity index (χ4n) is 1.94. The first-order valence-corrected chi connectivity index (χ1v) is 6.78. The number of nitrogens with two attached hydrogens (primary N) is 1. The van der Waals surface area contributed by atoms with Gasteiger partial charge in [0.15, 0.2) is 0 Å². The van der Waals surface area contributed by atoms with Crippen LogP contribution in [0.5, 0.6) is 5.75 Å². The first-order valence-electron chi connectivity index (χ1n) is 6.40. The van der Waals surface area contributed by atoms with Crippen LogP contribution >= 0.6 is 11.6 Å². The largest absolute Gasteiger partial charge is 0.488 e. The number of halogens is 2. The van der Waals surface area contributed by atoms with Gasteiger partial charge in [-0.05, 0) is 37.6 Å². The summed E-state index contributed by atoms with van der Waals surface area (Å²) in [4.78, 5) is 0. The van der Waals surface area contributed by atoms with Crippen molar-refractivity contribution in [2.45, 2.75) is 26.5 Å². The zero-order valence-corrected chi connectivity index (χ0v) is 12.2. The van der Waals surface area contributed by atoms with Crippen molar-refractivity contribution in [1.82, 2.24) is 0 Å². The van der Waals surface area contributed by atoms with Crippen LogP contribution in [0.3, 0.4) is 0 Å². The molecule has 2 N–H and O–H groups in total. The van der Waals surface area contributed by atoms with Crippen molar-refractivity contribution in [3.8, 4) is 5.75 Å². The van der Waals surface area contributed by atoms with Gasteiger partial charge in [0.25, 0.3) is 0 Å². The molecule has 0 saturated heterocycles. The van der Waals surface area contributed by atoms with E-state index in [1.807, 2.05) is 32.0 Å². The topological polar surface area (TPSA) is 35.2 Å². The molecular formula is C16H17ClFNO. The fourth-order valence-corrected chi connectivity index (χ4v) is 2.10. The van der Waals surface area contributed by atoms with Crippen LogP contribution < -0.4 is 10.5 Å². The molecule has 2 aromatic carbocycles. The third-order valence-corrected chi connectivity index (χ3v) is 3.29. The third-order valence-electron chi connectivity index (χ3n) is 3.06. The lowest BCUT2D eigenvalue weighted by molar-refractivity contribution is 0.295. The Labute approximate surface area is 123 Å². The third kappa shape index (κ3) is 3.50. The van der Waals surface area contributed by atoms with E-state index in [2.05, 4.69) is 0 Å². The molecule has 0 heterocycles. The predicted octanol–water partition coefficient (Wildman–Crippen LogP) is 4.39. The number of hydrogen-bond donors (Lipinski definition) is 1. The van der Waals surface area contributed by atoms with Gasteiger partial charge in [0, 0.05) is 22.2 Å². The maximum atomic E-state index is 13.7. The lowest BCUT2D eigenvalue weighted by Crippen LogP contribution is -2.08. The Morgan fingerprint density at radius 3 is 2.65 bits per heavy atom. The van der Waals surface area contributed by atoms with Gasteiger partial charge in [-0.2, -0.15) is 0 Å². The molecule has 2 nitrogen and oxygen atoms in total. The highest BCUT2D eigenvalue weighted by atomic mass is 35.5. The van der Waals surface area contributed by atoms with Crippen LogP contribution in [0.4, 0.5) is 4.39 Å². The Bertz CT molecular complexity index is 613. The lowest BCUT2D eigenvalue weighted by Gasteiger charge is -2.15. The van der Waals surface area contributed by atoms with Crippen molar-refractivity contribution in [2.75, 3.05) is 0 Å². The maximum absolute atomic E-state index is 13.7. The Kier molecular flexibility index (Phi) is 4.63. The first kappa shape index (κ1) is 14.8. The first-order chi connectivity index (χ1) is 9.47. The Morgan fingerprint density at radius 2 is 2.00 bits per heavy atom. The van der Waals surface area contributed by atoms with Crippen molar-refractivity contribution in [3.63, 3.8) is 0 Å². The molecule has 2 rings (SSSR count).